The highest BCUT2D eigenvalue weighted by molar-refractivity contribution is 4.81. The van der Waals surface area contributed by atoms with Gasteiger partial charge < -0.3 is 19.5 Å². The van der Waals surface area contributed by atoms with Crippen molar-refractivity contribution in [3.05, 3.63) is 24.4 Å². The lowest BCUT2D eigenvalue weighted by Gasteiger charge is -2.17. The Bertz CT molecular complexity index is 536. The van der Waals surface area contributed by atoms with Crippen LogP contribution in [0.4, 0.5) is 0 Å². The zero-order valence-corrected chi connectivity index (χ0v) is 28.8. The molecule has 1 N–H and O–H groups in total. The molecule has 0 spiro atoms. The molecule has 0 aliphatic rings. The second-order valence-corrected chi connectivity index (χ2v) is 12.4. The van der Waals surface area contributed by atoms with Gasteiger partial charge in [0.15, 0.2) is 0 Å². The summed E-state index contributed by atoms with van der Waals surface area (Å²) < 4.78 is 16.5. The van der Waals surface area contributed by atoms with Gasteiger partial charge in [-0.05, 0) is 56.7 Å². The SMILES string of the molecule is CCCCC/C=C/CCCCCCCC(CCCCCCCCCCCCCC)COCC=CNCCOCCOC. The van der Waals surface area contributed by atoms with Gasteiger partial charge in [0.05, 0.1) is 26.4 Å². The molecule has 0 aliphatic heterocycles. The molecule has 0 bridgehead atoms. The Kier molecular flexibility index (Phi) is 37.4. The molecule has 0 radical (unpaired) electrons. The molecule has 4 nitrogen and oxygen atoms in total. The third kappa shape index (κ3) is 35.4. The van der Waals surface area contributed by atoms with Crippen molar-refractivity contribution in [1.82, 2.24) is 5.32 Å². The maximum Gasteiger partial charge on any atom is 0.0701 e. The lowest BCUT2D eigenvalue weighted by Crippen LogP contribution is -2.15. The molecule has 0 aromatic heterocycles. The first-order chi connectivity index (χ1) is 20.8. The largest absolute Gasteiger partial charge is 0.389 e. The first-order valence-electron chi connectivity index (χ1n) is 18.5. The van der Waals surface area contributed by atoms with Crippen molar-refractivity contribution in [1.29, 1.82) is 0 Å². The standard InChI is InChI=1S/C38H75NO3/c1-4-6-8-10-12-14-16-18-20-22-24-26-29-38(37-42-33-28-31-39-32-34-41-36-35-40-3)30-27-25-23-21-19-17-15-13-11-9-7-5-2/h12,14,28,31,38-39H,4-11,13,15-27,29-30,32-37H2,1-3H3/b14-12+,31-28?. The van der Waals surface area contributed by atoms with Crippen molar-refractivity contribution >= 4 is 0 Å². The molecule has 0 rings (SSSR count). The van der Waals surface area contributed by atoms with Gasteiger partial charge in [-0.1, -0.05) is 142 Å². The van der Waals surface area contributed by atoms with Gasteiger partial charge in [-0.3, -0.25) is 0 Å². The van der Waals surface area contributed by atoms with Gasteiger partial charge in [-0.2, -0.15) is 0 Å². The Morgan fingerprint density at radius 3 is 1.60 bits per heavy atom. The summed E-state index contributed by atoms with van der Waals surface area (Å²) in [5.74, 6) is 0.717. The second-order valence-electron chi connectivity index (χ2n) is 12.4. The monoisotopic (exact) mass is 594 g/mol. The van der Waals surface area contributed by atoms with Crippen LogP contribution < -0.4 is 5.32 Å². The van der Waals surface area contributed by atoms with Gasteiger partial charge >= 0.3 is 0 Å². The van der Waals surface area contributed by atoms with E-state index in [1.165, 1.54) is 154 Å². The molecular formula is C38H75NO3. The van der Waals surface area contributed by atoms with E-state index < -0.39 is 0 Å². The quantitative estimate of drug-likeness (QED) is 0.0579. The first-order valence-corrected chi connectivity index (χ1v) is 18.5. The van der Waals surface area contributed by atoms with Crippen LogP contribution in [0.1, 0.15) is 168 Å². The van der Waals surface area contributed by atoms with E-state index in [9.17, 15) is 0 Å². The number of nitrogens with one attached hydrogen (secondary N) is 1. The van der Waals surface area contributed by atoms with Gasteiger partial charge in [0, 0.05) is 20.3 Å². The minimum Gasteiger partial charge on any atom is -0.389 e. The predicted octanol–water partition coefficient (Wildman–Crippen LogP) is 11.3. The number of rotatable bonds is 36. The summed E-state index contributed by atoms with van der Waals surface area (Å²) in [6, 6.07) is 0. The van der Waals surface area contributed by atoms with E-state index in [0.717, 1.165) is 19.1 Å². The number of methoxy groups -OCH3 is 1. The Morgan fingerprint density at radius 1 is 0.524 bits per heavy atom. The van der Waals surface area contributed by atoms with E-state index in [1.54, 1.807) is 7.11 Å². The van der Waals surface area contributed by atoms with Gasteiger partial charge in [0.1, 0.15) is 0 Å². The van der Waals surface area contributed by atoms with Crippen molar-refractivity contribution < 1.29 is 14.2 Å². The molecule has 250 valence electrons. The summed E-state index contributed by atoms with van der Waals surface area (Å²) in [6.45, 7) is 9.00. The van der Waals surface area contributed by atoms with Crippen LogP contribution in [0.5, 0.6) is 0 Å². The van der Waals surface area contributed by atoms with Gasteiger partial charge in [-0.25, -0.2) is 0 Å². The summed E-state index contributed by atoms with van der Waals surface area (Å²) in [6.07, 6.45) is 42.1. The second kappa shape index (κ2) is 38.2. The van der Waals surface area contributed by atoms with Gasteiger partial charge in [-0.15, -0.1) is 0 Å². The van der Waals surface area contributed by atoms with Crippen LogP contribution in [0.3, 0.4) is 0 Å². The van der Waals surface area contributed by atoms with Crippen molar-refractivity contribution in [3.63, 3.8) is 0 Å². The van der Waals surface area contributed by atoms with Crippen LogP contribution in [-0.2, 0) is 14.2 Å². The lowest BCUT2D eigenvalue weighted by atomic mass is 9.94. The molecule has 1 unspecified atom stereocenters. The van der Waals surface area contributed by atoms with E-state index in [2.05, 4.69) is 37.4 Å². The van der Waals surface area contributed by atoms with Gasteiger partial charge in [0.25, 0.3) is 0 Å². The van der Waals surface area contributed by atoms with E-state index >= 15 is 0 Å². The van der Waals surface area contributed by atoms with Crippen LogP contribution in [0.25, 0.3) is 0 Å². The fourth-order valence-electron chi connectivity index (χ4n) is 5.45. The van der Waals surface area contributed by atoms with Crippen LogP contribution in [0.15, 0.2) is 24.4 Å². The van der Waals surface area contributed by atoms with E-state index in [-0.39, 0.29) is 0 Å². The third-order valence-corrected chi connectivity index (χ3v) is 8.22. The molecule has 4 heteroatoms. The summed E-state index contributed by atoms with van der Waals surface area (Å²) in [7, 11) is 1.70. The average Bonchev–Trinajstić information content (AvgIpc) is 3.00. The number of ether oxygens (including phenoxy) is 3. The zero-order valence-electron chi connectivity index (χ0n) is 28.8. The van der Waals surface area contributed by atoms with Crippen molar-refractivity contribution in [2.75, 3.05) is 46.7 Å². The fraction of sp³-hybridized carbons (Fsp3) is 0.895. The number of hydrogen-bond acceptors (Lipinski definition) is 4. The molecule has 1 atom stereocenters. The van der Waals surface area contributed by atoms with Crippen molar-refractivity contribution in [2.24, 2.45) is 5.92 Å². The van der Waals surface area contributed by atoms with E-state index in [0.29, 0.717) is 26.4 Å². The van der Waals surface area contributed by atoms with Gasteiger partial charge in [0.2, 0.25) is 0 Å². The fourth-order valence-corrected chi connectivity index (χ4v) is 5.45. The maximum atomic E-state index is 6.09. The molecule has 0 amide bonds. The van der Waals surface area contributed by atoms with E-state index in [1.807, 2.05) is 6.20 Å². The summed E-state index contributed by atoms with van der Waals surface area (Å²) >= 11 is 0. The molecular weight excluding hydrogens is 518 g/mol. The van der Waals surface area contributed by atoms with Crippen molar-refractivity contribution in [2.45, 2.75) is 168 Å². The Labute approximate surface area is 264 Å². The molecule has 0 saturated carbocycles. The minimum absolute atomic E-state index is 0.654. The number of hydrogen-bond donors (Lipinski definition) is 1. The molecule has 0 heterocycles. The summed E-state index contributed by atoms with van der Waals surface area (Å²) in [4.78, 5) is 0. The Morgan fingerprint density at radius 2 is 1.02 bits per heavy atom. The van der Waals surface area contributed by atoms with Crippen LogP contribution >= 0.6 is 0 Å². The van der Waals surface area contributed by atoms with Crippen LogP contribution in [-0.4, -0.2) is 46.7 Å². The van der Waals surface area contributed by atoms with Crippen LogP contribution in [0.2, 0.25) is 0 Å². The highest BCUT2D eigenvalue weighted by Crippen LogP contribution is 2.20. The van der Waals surface area contributed by atoms with Crippen molar-refractivity contribution in [3.8, 4) is 0 Å². The molecule has 0 aromatic carbocycles. The molecule has 0 aromatic rings. The predicted molar refractivity (Wildman–Crippen MR) is 185 cm³/mol. The average molecular weight is 594 g/mol. The smallest absolute Gasteiger partial charge is 0.0701 e. The molecule has 0 saturated heterocycles. The molecule has 42 heavy (non-hydrogen) atoms. The zero-order chi connectivity index (χ0) is 30.4. The third-order valence-electron chi connectivity index (χ3n) is 8.22. The minimum atomic E-state index is 0.654. The molecule has 0 aliphatic carbocycles. The molecule has 0 fully saturated rings. The van der Waals surface area contributed by atoms with E-state index in [4.69, 9.17) is 14.2 Å². The Balaban J connectivity index is 4.00. The summed E-state index contributed by atoms with van der Waals surface area (Å²) in [5.41, 5.74) is 0. The highest BCUT2D eigenvalue weighted by atomic mass is 16.5. The normalized spacial score (nSPS) is 12.6. The summed E-state index contributed by atoms with van der Waals surface area (Å²) in [5, 5.41) is 3.28. The number of unbranched alkanes of at least 4 members (excludes halogenated alkanes) is 19. The van der Waals surface area contributed by atoms with Crippen LogP contribution in [0, 0.1) is 5.92 Å². The first kappa shape index (κ1) is 41.2. The maximum absolute atomic E-state index is 6.09. The Hall–Kier alpha value is -0.840. The highest BCUT2D eigenvalue weighted by Gasteiger charge is 2.09. The number of allylic oxidation sites excluding steroid dienone is 2. The lowest BCUT2D eigenvalue weighted by molar-refractivity contribution is 0.0729. The topological polar surface area (TPSA) is 39.7 Å².